The monoisotopic (exact) mass is 383 g/mol. The van der Waals surface area contributed by atoms with E-state index in [-0.39, 0.29) is 11.5 Å². The summed E-state index contributed by atoms with van der Waals surface area (Å²) in [6, 6.07) is 21.7. The van der Waals surface area contributed by atoms with Gasteiger partial charge < -0.3 is 10.4 Å². The number of rotatable bonds is 4. The van der Waals surface area contributed by atoms with Gasteiger partial charge in [0.25, 0.3) is 0 Å². The summed E-state index contributed by atoms with van der Waals surface area (Å²) >= 11 is 0. The first-order chi connectivity index (χ1) is 14.0. The van der Waals surface area contributed by atoms with Crippen LogP contribution in [0.3, 0.4) is 0 Å². The van der Waals surface area contributed by atoms with E-state index >= 15 is 0 Å². The number of benzene rings is 3. The third-order valence-corrected chi connectivity index (χ3v) is 4.44. The number of carboxylic acid groups (broad SMARTS) is 1. The number of carboxylic acids is 1. The third-order valence-electron chi connectivity index (χ3n) is 4.44. The second-order valence-electron chi connectivity index (χ2n) is 6.55. The highest BCUT2D eigenvalue weighted by Crippen LogP contribution is 2.31. The Bertz CT molecular complexity index is 1220. The molecule has 0 aliphatic rings. The molecule has 0 bridgehead atoms. The summed E-state index contributed by atoms with van der Waals surface area (Å²) in [6.07, 6.45) is 0. The first-order valence-corrected chi connectivity index (χ1v) is 9.00. The molecule has 1 amide bonds. The van der Waals surface area contributed by atoms with E-state index in [2.05, 4.69) is 5.32 Å². The fourth-order valence-corrected chi connectivity index (χ4v) is 3.10. The number of nitrogens with zero attached hydrogens (tertiary/aromatic N) is 2. The van der Waals surface area contributed by atoms with Crippen molar-refractivity contribution < 1.29 is 14.7 Å². The van der Waals surface area contributed by atoms with Crippen molar-refractivity contribution in [1.29, 1.82) is 0 Å². The van der Waals surface area contributed by atoms with Crippen LogP contribution in [0.2, 0.25) is 0 Å². The van der Waals surface area contributed by atoms with Crippen molar-refractivity contribution in [3.05, 3.63) is 78.4 Å². The molecule has 29 heavy (non-hydrogen) atoms. The number of amides is 1. The molecule has 0 radical (unpaired) electrons. The molecule has 6 heteroatoms. The van der Waals surface area contributed by atoms with E-state index in [4.69, 9.17) is 9.97 Å². The fraction of sp³-hybridized carbons (Fsp3) is 0.0435. The maximum absolute atomic E-state index is 11.3. The van der Waals surface area contributed by atoms with Crippen molar-refractivity contribution in [2.45, 2.75) is 6.92 Å². The minimum atomic E-state index is -1.01. The summed E-state index contributed by atoms with van der Waals surface area (Å²) in [6.45, 7) is 1.45. The van der Waals surface area contributed by atoms with Crippen molar-refractivity contribution in [3.8, 4) is 22.5 Å². The molecule has 0 atom stereocenters. The van der Waals surface area contributed by atoms with Crippen molar-refractivity contribution in [3.63, 3.8) is 0 Å². The zero-order valence-electron chi connectivity index (χ0n) is 15.6. The van der Waals surface area contributed by atoms with Gasteiger partial charge in [0.2, 0.25) is 5.91 Å². The van der Waals surface area contributed by atoms with E-state index in [0.29, 0.717) is 28.1 Å². The lowest BCUT2D eigenvalue weighted by Crippen LogP contribution is -2.05. The van der Waals surface area contributed by atoms with Crippen LogP contribution in [0.25, 0.3) is 33.5 Å². The SMILES string of the molecule is CC(=O)Nc1ccc(-c2nc3cc(C(=O)O)ccc3nc2-c2ccccc2)cc1. The van der Waals surface area contributed by atoms with Gasteiger partial charge in [0.05, 0.1) is 28.0 Å². The van der Waals surface area contributed by atoms with Gasteiger partial charge in [-0.05, 0) is 30.3 Å². The van der Waals surface area contributed by atoms with Gasteiger partial charge in [-0.3, -0.25) is 4.79 Å². The normalized spacial score (nSPS) is 10.7. The average molecular weight is 383 g/mol. The smallest absolute Gasteiger partial charge is 0.335 e. The Morgan fingerprint density at radius 2 is 1.41 bits per heavy atom. The zero-order chi connectivity index (χ0) is 20.4. The molecule has 4 rings (SSSR count). The lowest BCUT2D eigenvalue weighted by atomic mass is 10.0. The molecule has 0 fully saturated rings. The third kappa shape index (κ3) is 3.82. The fourth-order valence-electron chi connectivity index (χ4n) is 3.10. The van der Waals surface area contributed by atoms with E-state index in [1.165, 1.54) is 19.1 Å². The molecule has 0 saturated carbocycles. The lowest BCUT2D eigenvalue weighted by Gasteiger charge is -2.11. The van der Waals surface area contributed by atoms with Gasteiger partial charge in [-0.15, -0.1) is 0 Å². The van der Waals surface area contributed by atoms with Crippen LogP contribution in [0.1, 0.15) is 17.3 Å². The zero-order valence-corrected chi connectivity index (χ0v) is 15.6. The minimum Gasteiger partial charge on any atom is -0.478 e. The second kappa shape index (κ2) is 7.52. The van der Waals surface area contributed by atoms with Crippen LogP contribution in [-0.4, -0.2) is 27.0 Å². The van der Waals surface area contributed by atoms with Crippen LogP contribution in [0.5, 0.6) is 0 Å². The van der Waals surface area contributed by atoms with Crippen LogP contribution in [0, 0.1) is 0 Å². The molecule has 4 aromatic rings. The Labute approximate surface area is 166 Å². The quantitative estimate of drug-likeness (QED) is 0.536. The number of carbonyl (C=O) groups excluding carboxylic acids is 1. The largest absolute Gasteiger partial charge is 0.478 e. The molecule has 0 spiro atoms. The molecule has 1 heterocycles. The maximum Gasteiger partial charge on any atom is 0.335 e. The molecule has 0 unspecified atom stereocenters. The highest BCUT2D eigenvalue weighted by molar-refractivity contribution is 5.94. The molecular formula is C23H17N3O3. The predicted molar refractivity (Wildman–Crippen MR) is 112 cm³/mol. The Morgan fingerprint density at radius 3 is 2.03 bits per heavy atom. The van der Waals surface area contributed by atoms with Crippen LogP contribution in [0.15, 0.2) is 72.8 Å². The Hall–Kier alpha value is -4.06. The van der Waals surface area contributed by atoms with Crippen molar-refractivity contribution in [2.24, 2.45) is 0 Å². The van der Waals surface area contributed by atoms with E-state index in [1.807, 2.05) is 42.5 Å². The van der Waals surface area contributed by atoms with Crippen LogP contribution in [0.4, 0.5) is 5.69 Å². The number of carbonyl (C=O) groups is 2. The number of aromatic carboxylic acids is 1. The van der Waals surface area contributed by atoms with Crippen LogP contribution < -0.4 is 5.32 Å². The molecule has 6 nitrogen and oxygen atoms in total. The van der Waals surface area contributed by atoms with E-state index in [1.54, 1.807) is 18.2 Å². The predicted octanol–water partition coefficient (Wildman–Crippen LogP) is 4.62. The highest BCUT2D eigenvalue weighted by atomic mass is 16.4. The Morgan fingerprint density at radius 1 is 0.793 bits per heavy atom. The Balaban J connectivity index is 1.91. The van der Waals surface area contributed by atoms with Crippen molar-refractivity contribution in [2.75, 3.05) is 5.32 Å². The van der Waals surface area contributed by atoms with Gasteiger partial charge in [-0.1, -0.05) is 42.5 Å². The lowest BCUT2D eigenvalue weighted by molar-refractivity contribution is -0.114. The van der Waals surface area contributed by atoms with Crippen molar-refractivity contribution >= 4 is 28.6 Å². The number of hydrogen-bond donors (Lipinski definition) is 2. The molecular weight excluding hydrogens is 366 g/mol. The highest BCUT2D eigenvalue weighted by Gasteiger charge is 2.14. The number of fused-ring (bicyclic) bond motifs is 1. The molecule has 142 valence electrons. The minimum absolute atomic E-state index is 0.144. The van der Waals surface area contributed by atoms with Gasteiger partial charge in [-0.25, -0.2) is 14.8 Å². The average Bonchev–Trinajstić information content (AvgIpc) is 2.73. The van der Waals surface area contributed by atoms with Gasteiger partial charge in [0.1, 0.15) is 0 Å². The van der Waals surface area contributed by atoms with E-state index in [9.17, 15) is 14.7 Å². The van der Waals surface area contributed by atoms with Gasteiger partial charge in [-0.2, -0.15) is 0 Å². The molecule has 1 aromatic heterocycles. The number of aromatic nitrogens is 2. The van der Waals surface area contributed by atoms with Gasteiger partial charge in [0, 0.05) is 23.7 Å². The van der Waals surface area contributed by atoms with Gasteiger partial charge >= 0.3 is 5.97 Å². The molecule has 2 N–H and O–H groups in total. The summed E-state index contributed by atoms with van der Waals surface area (Å²) in [7, 11) is 0. The number of nitrogens with one attached hydrogen (secondary N) is 1. The van der Waals surface area contributed by atoms with E-state index < -0.39 is 5.97 Å². The van der Waals surface area contributed by atoms with Gasteiger partial charge in [0.15, 0.2) is 0 Å². The summed E-state index contributed by atoms with van der Waals surface area (Å²) < 4.78 is 0. The van der Waals surface area contributed by atoms with Crippen LogP contribution in [-0.2, 0) is 4.79 Å². The summed E-state index contributed by atoms with van der Waals surface area (Å²) in [4.78, 5) is 32.1. The van der Waals surface area contributed by atoms with Crippen molar-refractivity contribution in [1.82, 2.24) is 9.97 Å². The second-order valence-corrected chi connectivity index (χ2v) is 6.55. The van der Waals surface area contributed by atoms with E-state index in [0.717, 1.165) is 11.1 Å². The first kappa shape index (κ1) is 18.3. The molecule has 0 aliphatic heterocycles. The number of hydrogen-bond acceptors (Lipinski definition) is 4. The van der Waals surface area contributed by atoms with Crippen LogP contribution >= 0.6 is 0 Å². The first-order valence-electron chi connectivity index (χ1n) is 9.00. The molecule has 0 aliphatic carbocycles. The topological polar surface area (TPSA) is 92.2 Å². The molecule has 0 saturated heterocycles. The number of anilines is 1. The maximum atomic E-state index is 11.3. The molecule has 3 aromatic carbocycles. The summed E-state index contributed by atoms with van der Waals surface area (Å²) in [5.74, 6) is -1.16. The standard InChI is InChI=1S/C23H17N3O3/c1-14(27)24-18-10-7-16(8-11-18)22-21(15-5-3-2-4-6-15)25-19-12-9-17(23(28)29)13-20(19)26-22/h2-13H,1H3,(H,24,27)(H,28,29). The summed E-state index contributed by atoms with van der Waals surface area (Å²) in [5, 5.41) is 12.0. The summed E-state index contributed by atoms with van der Waals surface area (Å²) in [5.41, 5.74) is 5.03. The Kier molecular flexibility index (Phi) is 4.75.